The van der Waals surface area contributed by atoms with Crippen LogP contribution in [-0.4, -0.2) is 61.6 Å². The molecule has 1 amide bonds. The quantitative estimate of drug-likeness (QED) is 0.553. The highest BCUT2D eigenvalue weighted by Crippen LogP contribution is 2.20. The molecule has 0 radical (unpaired) electrons. The number of halogens is 1. The van der Waals surface area contributed by atoms with Gasteiger partial charge in [-0.15, -0.1) is 0 Å². The summed E-state index contributed by atoms with van der Waals surface area (Å²) < 4.78 is 15.3. The monoisotopic (exact) mass is 418 g/mol. The first-order valence-electron chi connectivity index (χ1n) is 10.3. The van der Waals surface area contributed by atoms with E-state index in [1.807, 2.05) is 30.1 Å². The molecule has 1 saturated heterocycles. The highest BCUT2D eigenvalue weighted by molar-refractivity contribution is 5.93. The molecule has 0 aliphatic carbocycles. The van der Waals surface area contributed by atoms with Gasteiger partial charge in [-0.2, -0.15) is 5.10 Å². The molecule has 158 valence electrons. The third-order valence-electron chi connectivity index (χ3n) is 5.85. The Morgan fingerprint density at radius 2 is 1.81 bits per heavy atom. The summed E-state index contributed by atoms with van der Waals surface area (Å²) in [4.78, 5) is 21.8. The molecule has 0 unspecified atom stereocenters. The van der Waals surface area contributed by atoms with Gasteiger partial charge in [0.05, 0.1) is 23.3 Å². The van der Waals surface area contributed by atoms with Crippen LogP contribution in [0.25, 0.3) is 22.3 Å². The van der Waals surface area contributed by atoms with Crippen molar-refractivity contribution in [3.8, 4) is 11.3 Å². The van der Waals surface area contributed by atoms with E-state index in [4.69, 9.17) is 4.98 Å². The molecule has 3 heterocycles. The third kappa shape index (κ3) is 3.82. The number of nitrogens with zero attached hydrogens (tertiary/aromatic N) is 5. The Balaban J connectivity index is 1.22. The smallest absolute Gasteiger partial charge is 0.271 e. The lowest BCUT2D eigenvalue weighted by Gasteiger charge is -2.34. The van der Waals surface area contributed by atoms with Crippen LogP contribution in [0.2, 0.25) is 0 Å². The second kappa shape index (κ2) is 7.96. The van der Waals surface area contributed by atoms with Gasteiger partial charge in [0.15, 0.2) is 0 Å². The molecular weight excluding hydrogens is 395 g/mol. The largest absolute Gasteiger partial charge is 0.335 e. The van der Waals surface area contributed by atoms with Gasteiger partial charge in [0.1, 0.15) is 17.3 Å². The molecule has 0 spiro atoms. The maximum atomic E-state index is 13.1. The van der Waals surface area contributed by atoms with Crippen LogP contribution in [0.15, 0.2) is 54.6 Å². The number of piperazine rings is 1. The van der Waals surface area contributed by atoms with E-state index in [1.165, 1.54) is 12.1 Å². The minimum atomic E-state index is -0.299. The molecule has 7 nitrogen and oxygen atoms in total. The van der Waals surface area contributed by atoms with Gasteiger partial charge in [0.2, 0.25) is 0 Å². The summed E-state index contributed by atoms with van der Waals surface area (Å²) in [6.45, 7) is 3.62. The second-order valence-corrected chi connectivity index (χ2v) is 7.82. The minimum absolute atomic E-state index is 0.0664. The van der Waals surface area contributed by atoms with Crippen molar-refractivity contribution in [1.82, 2.24) is 29.5 Å². The molecule has 1 fully saturated rings. The topological polar surface area (TPSA) is 70.1 Å². The zero-order valence-electron chi connectivity index (χ0n) is 17.3. The van der Waals surface area contributed by atoms with E-state index in [2.05, 4.69) is 25.7 Å². The molecule has 31 heavy (non-hydrogen) atoms. The van der Waals surface area contributed by atoms with Crippen LogP contribution in [0.3, 0.4) is 0 Å². The molecule has 0 saturated carbocycles. The molecule has 1 aliphatic heterocycles. The van der Waals surface area contributed by atoms with Crippen molar-refractivity contribution in [2.24, 2.45) is 7.05 Å². The van der Waals surface area contributed by atoms with Crippen molar-refractivity contribution >= 4 is 16.9 Å². The van der Waals surface area contributed by atoms with Crippen molar-refractivity contribution in [3.05, 3.63) is 71.9 Å². The van der Waals surface area contributed by atoms with Gasteiger partial charge in [0.25, 0.3) is 5.91 Å². The normalized spacial score (nSPS) is 15.0. The van der Waals surface area contributed by atoms with Crippen LogP contribution >= 0.6 is 0 Å². The number of fused-ring (bicyclic) bond motifs is 1. The molecular formula is C23H23FN6O. The summed E-state index contributed by atoms with van der Waals surface area (Å²) in [5, 5.41) is 7.04. The van der Waals surface area contributed by atoms with Gasteiger partial charge in [-0.1, -0.05) is 12.1 Å². The average Bonchev–Trinajstić information content (AvgIpc) is 3.40. The second-order valence-electron chi connectivity index (χ2n) is 7.82. The molecule has 1 N–H and O–H groups in total. The van der Waals surface area contributed by atoms with Crippen LogP contribution in [0.1, 0.15) is 16.3 Å². The predicted octanol–water partition coefficient (Wildman–Crippen LogP) is 3.06. The summed E-state index contributed by atoms with van der Waals surface area (Å²) >= 11 is 0. The van der Waals surface area contributed by atoms with E-state index in [-0.39, 0.29) is 11.7 Å². The lowest BCUT2D eigenvalue weighted by atomic mass is 10.1. The number of nitrogens with one attached hydrogen (secondary N) is 1. The van der Waals surface area contributed by atoms with E-state index in [0.717, 1.165) is 42.1 Å². The first kappa shape index (κ1) is 19.4. The third-order valence-corrected chi connectivity index (χ3v) is 5.85. The Labute approximate surface area is 179 Å². The van der Waals surface area contributed by atoms with Gasteiger partial charge in [-0.3, -0.25) is 14.8 Å². The van der Waals surface area contributed by atoms with Gasteiger partial charge in [0, 0.05) is 38.8 Å². The Kier molecular flexibility index (Phi) is 4.99. The number of amides is 1. The highest BCUT2D eigenvalue weighted by Gasteiger charge is 2.24. The number of rotatable bonds is 4. The molecule has 1 aliphatic rings. The minimum Gasteiger partial charge on any atom is -0.335 e. The molecule has 2 aromatic heterocycles. The first-order valence-corrected chi connectivity index (χ1v) is 10.3. The number of H-pyrrole nitrogens is 1. The number of aromatic nitrogens is 4. The van der Waals surface area contributed by atoms with E-state index < -0.39 is 0 Å². The van der Waals surface area contributed by atoms with Crippen molar-refractivity contribution in [3.63, 3.8) is 0 Å². The maximum Gasteiger partial charge on any atom is 0.271 e. The fraction of sp³-hybridized carbons (Fsp3) is 0.261. The van der Waals surface area contributed by atoms with E-state index in [0.29, 0.717) is 24.5 Å². The van der Waals surface area contributed by atoms with Gasteiger partial charge >= 0.3 is 0 Å². The summed E-state index contributed by atoms with van der Waals surface area (Å²) in [6.07, 6.45) is 0. The van der Waals surface area contributed by atoms with Gasteiger partial charge in [-0.05, 0) is 42.5 Å². The molecule has 4 aromatic rings. The van der Waals surface area contributed by atoms with Gasteiger partial charge < -0.3 is 9.47 Å². The van der Waals surface area contributed by atoms with Crippen molar-refractivity contribution in [2.75, 3.05) is 26.2 Å². The summed E-state index contributed by atoms with van der Waals surface area (Å²) in [6, 6.07) is 15.9. The first-order chi connectivity index (χ1) is 15.1. The lowest BCUT2D eigenvalue weighted by molar-refractivity contribution is 0.0619. The zero-order valence-corrected chi connectivity index (χ0v) is 17.3. The van der Waals surface area contributed by atoms with E-state index >= 15 is 0 Å². The Bertz CT molecular complexity index is 1220. The number of aryl methyl sites for hydroxylation is 1. The molecule has 2 aromatic carbocycles. The van der Waals surface area contributed by atoms with E-state index in [9.17, 15) is 9.18 Å². The van der Waals surface area contributed by atoms with Crippen molar-refractivity contribution in [2.45, 2.75) is 6.54 Å². The summed E-state index contributed by atoms with van der Waals surface area (Å²) in [5.74, 6) is 0.661. The number of aromatic amines is 1. The zero-order chi connectivity index (χ0) is 21.4. The number of hydrogen-bond donors (Lipinski definition) is 1. The fourth-order valence-corrected chi connectivity index (χ4v) is 4.02. The Morgan fingerprint density at radius 1 is 1.06 bits per heavy atom. The lowest BCUT2D eigenvalue weighted by Crippen LogP contribution is -2.48. The molecule has 5 rings (SSSR count). The number of imidazole rings is 1. The van der Waals surface area contributed by atoms with Gasteiger partial charge in [-0.25, -0.2) is 9.37 Å². The van der Waals surface area contributed by atoms with Crippen LogP contribution < -0.4 is 0 Å². The molecule has 8 heteroatoms. The van der Waals surface area contributed by atoms with Crippen molar-refractivity contribution in [1.29, 1.82) is 0 Å². The number of carbonyl (C=O) groups is 1. The average molecular weight is 418 g/mol. The number of para-hydroxylation sites is 2. The summed E-state index contributed by atoms with van der Waals surface area (Å²) in [7, 11) is 2.04. The number of benzene rings is 2. The highest BCUT2D eigenvalue weighted by atomic mass is 19.1. The molecule has 0 atom stereocenters. The SMILES string of the molecule is Cn1c(CN2CCN(C(=O)c3cc(-c4ccc(F)cc4)n[nH]3)CC2)nc2ccccc21. The number of hydrogen-bond acceptors (Lipinski definition) is 4. The van der Waals surface area contributed by atoms with Crippen LogP contribution in [-0.2, 0) is 13.6 Å². The van der Waals surface area contributed by atoms with E-state index in [1.54, 1.807) is 18.2 Å². The van der Waals surface area contributed by atoms with Crippen LogP contribution in [0.4, 0.5) is 4.39 Å². The number of carbonyl (C=O) groups excluding carboxylic acids is 1. The van der Waals surface area contributed by atoms with Crippen molar-refractivity contribution < 1.29 is 9.18 Å². The Morgan fingerprint density at radius 3 is 2.55 bits per heavy atom. The predicted molar refractivity (Wildman–Crippen MR) is 116 cm³/mol. The van der Waals surface area contributed by atoms with Crippen LogP contribution in [0.5, 0.6) is 0 Å². The maximum absolute atomic E-state index is 13.1. The van der Waals surface area contributed by atoms with Crippen LogP contribution in [0, 0.1) is 5.82 Å². The Hall–Kier alpha value is -3.52. The standard InChI is InChI=1S/C23H23FN6O/c1-28-21-5-3-2-4-18(21)25-22(28)15-29-10-12-30(13-11-29)23(31)20-14-19(26-27-20)16-6-8-17(24)9-7-16/h2-9,14H,10-13,15H2,1H3,(H,26,27). The summed E-state index contributed by atoms with van der Waals surface area (Å²) in [5.41, 5.74) is 3.98. The fourth-order valence-electron chi connectivity index (χ4n) is 4.02. The molecule has 0 bridgehead atoms.